The summed E-state index contributed by atoms with van der Waals surface area (Å²) in [6, 6.07) is 12.8. The summed E-state index contributed by atoms with van der Waals surface area (Å²) in [5.41, 5.74) is 1.20. The van der Waals surface area contributed by atoms with Crippen molar-refractivity contribution < 1.29 is 14.0 Å². The van der Waals surface area contributed by atoms with Gasteiger partial charge in [-0.15, -0.1) is 0 Å². The lowest BCUT2D eigenvalue weighted by atomic mass is 10.2. The second-order valence-corrected chi connectivity index (χ2v) is 6.27. The molecule has 1 saturated carbocycles. The SMILES string of the molecule is O=C(Nc1ccc(F)cc1)C1CC1C(=O)Nc1ccccc1Br. The molecule has 2 aromatic rings. The fourth-order valence-electron chi connectivity index (χ4n) is 2.33. The molecule has 2 unspecified atom stereocenters. The second-order valence-electron chi connectivity index (χ2n) is 5.41. The molecule has 118 valence electrons. The lowest BCUT2D eigenvalue weighted by Crippen LogP contribution is -2.20. The van der Waals surface area contributed by atoms with E-state index in [9.17, 15) is 14.0 Å². The topological polar surface area (TPSA) is 58.2 Å². The van der Waals surface area contributed by atoms with Crippen molar-refractivity contribution in [3.8, 4) is 0 Å². The highest BCUT2D eigenvalue weighted by molar-refractivity contribution is 9.10. The van der Waals surface area contributed by atoms with E-state index in [0.717, 1.165) is 4.47 Å². The Morgan fingerprint density at radius 3 is 2.22 bits per heavy atom. The van der Waals surface area contributed by atoms with E-state index in [1.807, 2.05) is 18.2 Å². The molecule has 0 spiro atoms. The van der Waals surface area contributed by atoms with Gasteiger partial charge >= 0.3 is 0 Å². The molecule has 1 aliphatic carbocycles. The molecule has 0 aromatic heterocycles. The van der Waals surface area contributed by atoms with Crippen LogP contribution in [0.4, 0.5) is 15.8 Å². The van der Waals surface area contributed by atoms with Crippen molar-refractivity contribution in [2.75, 3.05) is 10.6 Å². The highest BCUT2D eigenvalue weighted by Crippen LogP contribution is 2.40. The number of anilines is 2. The summed E-state index contributed by atoms with van der Waals surface area (Å²) in [5.74, 6) is -1.43. The molecule has 0 saturated heterocycles. The summed E-state index contributed by atoms with van der Waals surface area (Å²) in [6.45, 7) is 0. The average Bonchev–Trinajstić information content (AvgIpc) is 3.32. The molecule has 1 aliphatic rings. The first-order chi connectivity index (χ1) is 11.0. The summed E-state index contributed by atoms with van der Waals surface area (Å²) in [5, 5.41) is 5.51. The summed E-state index contributed by atoms with van der Waals surface area (Å²) in [4.78, 5) is 24.3. The van der Waals surface area contributed by atoms with Crippen molar-refractivity contribution in [2.45, 2.75) is 6.42 Å². The Balaban J connectivity index is 1.56. The maximum atomic E-state index is 12.8. The number of para-hydroxylation sites is 1. The van der Waals surface area contributed by atoms with Crippen LogP contribution in [0.1, 0.15) is 6.42 Å². The van der Waals surface area contributed by atoms with E-state index in [0.29, 0.717) is 17.8 Å². The van der Waals surface area contributed by atoms with Crippen molar-refractivity contribution in [3.05, 3.63) is 58.8 Å². The van der Waals surface area contributed by atoms with Crippen LogP contribution in [0.15, 0.2) is 53.0 Å². The Morgan fingerprint density at radius 1 is 0.957 bits per heavy atom. The highest BCUT2D eigenvalue weighted by Gasteiger charge is 2.48. The number of rotatable bonds is 4. The van der Waals surface area contributed by atoms with Crippen LogP contribution in [0, 0.1) is 17.7 Å². The van der Waals surface area contributed by atoms with Crippen molar-refractivity contribution >= 4 is 39.1 Å². The molecule has 3 rings (SSSR count). The number of carbonyl (C=O) groups is 2. The average molecular weight is 377 g/mol. The monoisotopic (exact) mass is 376 g/mol. The Kier molecular flexibility index (Phi) is 4.43. The summed E-state index contributed by atoms with van der Waals surface area (Å²) >= 11 is 3.36. The zero-order valence-corrected chi connectivity index (χ0v) is 13.6. The maximum Gasteiger partial charge on any atom is 0.228 e. The summed E-state index contributed by atoms with van der Waals surface area (Å²) < 4.78 is 13.6. The van der Waals surface area contributed by atoms with Crippen LogP contribution < -0.4 is 10.6 Å². The van der Waals surface area contributed by atoms with Gasteiger partial charge < -0.3 is 10.6 Å². The zero-order chi connectivity index (χ0) is 16.4. The van der Waals surface area contributed by atoms with Crippen molar-refractivity contribution in [1.82, 2.24) is 0 Å². The standard InChI is InChI=1S/C17H14BrFN2O2/c18-14-3-1-2-4-15(14)21-17(23)13-9-12(13)16(22)20-11-7-5-10(19)6-8-11/h1-8,12-13H,9H2,(H,20,22)(H,21,23). The van der Waals surface area contributed by atoms with Gasteiger partial charge in [-0.2, -0.15) is 0 Å². The number of amides is 2. The maximum absolute atomic E-state index is 12.8. The van der Waals surface area contributed by atoms with Gasteiger partial charge in [0.2, 0.25) is 11.8 Å². The highest BCUT2D eigenvalue weighted by atomic mass is 79.9. The summed E-state index contributed by atoms with van der Waals surface area (Å²) in [6.07, 6.45) is 0.517. The smallest absolute Gasteiger partial charge is 0.228 e. The lowest BCUT2D eigenvalue weighted by molar-refractivity contribution is -0.122. The minimum absolute atomic E-state index is 0.170. The molecule has 2 atom stereocenters. The van der Waals surface area contributed by atoms with E-state index in [1.165, 1.54) is 24.3 Å². The van der Waals surface area contributed by atoms with Crippen LogP contribution >= 0.6 is 15.9 Å². The summed E-state index contributed by atoms with van der Waals surface area (Å²) in [7, 11) is 0. The van der Waals surface area contributed by atoms with Gasteiger partial charge in [0, 0.05) is 10.2 Å². The third kappa shape index (κ3) is 3.76. The first kappa shape index (κ1) is 15.7. The third-order valence-corrected chi connectivity index (χ3v) is 4.40. The quantitative estimate of drug-likeness (QED) is 0.852. The van der Waals surface area contributed by atoms with Gasteiger partial charge in [-0.1, -0.05) is 12.1 Å². The van der Waals surface area contributed by atoms with Crippen LogP contribution in [-0.2, 0) is 9.59 Å². The fraction of sp³-hybridized carbons (Fsp3) is 0.176. The van der Waals surface area contributed by atoms with Gasteiger partial charge in [0.05, 0.1) is 17.5 Å². The first-order valence-corrected chi connectivity index (χ1v) is 7.96. The van der Waals surface area contributed by atoms with E-state index in [2.05, 4.69) is 26.6 Å². The molecule has 2 aromatic carbocycles. The fourth-order valence-corrected chi connectivity index (χ4v) is 2.71. The Bertz CT molecular complexity index is 749. The molecular formula is C17H14BrFN2O2. The Hall–Kier alpha value is -2.21. The number of hydrogen-bond acceptors (Lipinski definition) is 2. The van der Waals surface area contributed by atoms with Gasteiger partial charge in [-0.05, 0) is 58.7 Å². The molecule has 2 amide bonds. The van der Waals surface area contributed by atoms with E-state index < -0.39 is 0 Å². The number of hydrogen-bond donors (Lipinski definition) is 2. The third-order valence-electron chi connectivity index (χ3n) is 3.71. The molecule has 0 aliphatic heterocycles. The van der Waals surface area contributed by atoms with E-state index >= 15 is 0 Å². The molecule has 4 nitrogen and oxygen atoms in total. The van der Waals surface area contributed by atoms with Crippen molar-refractivity contribution in [3.63, 3.8) is 0 Å². The number of halogens is 2. The zero-order valence-electron chi connectivity index (χ0n) is 12.1. The number of nitrogens with one attached hydrogen (secondary N) is 2. The van der Waals surface area contributed by atoms with Crippen LogP contribution in [0.25, 0.3) is 0 Å². The minimum atomic E-state index is -0.361. The lowest BCUT2D eigenvalue weighted by Gasteiger charge is -2.07. The van der Waals surface area contributed by atoms with Gasteiger partial charge in [-0.25, -0.2) is 4.39 Å². The molecule has 0 bridgehead atoms. The molecular weight excluding hydrogens is 363 g/mol. The van der Waals surface area contributed by atoms with Crippen LogP contribution in [0.3, 0.4) is 0 Å². The molecule has 1 fully saturated rings. The molecule has 0 radical (unpaired) electrons. The predicted molar refractivity (Wildman–Crippen MR) is 89.4 cm³/mol. The first-order valence-electron chi connectivity index (χ1n) is 7.16. The van der Waals surface area contributed by atoms with E-state index in [-0.39, 0.29) is 29.5 Å². The number of benzene rings is 2. The van der Waals surface area contributed by atoms with Gasteiger partial charge in [0.25, 0.3) is 0 Å². The second kappa shape index (κ2) is 6.50. The molecule has 6 heteroatoms. The Morgan fingerprint density at radius 2 is 1.57 bits per heavy atom. The van der Waals surface area contributed by atoms with Crippen LogP contribution in [0.2, 0.25) is 0 Å². The van der Waals surface area contributed by atoms with Crippen LogP contribution in [-0.4, -0.2) is 11.8 Å². The molecule has 23 heavy (non-hydrogen) atoms. The molecule has 0 heterocycles. The largest absolute Gasteiger partial charge is 0.326 e. The van der Waals surface area contributed by atoms with Gasteiger partial charge in [-0.3, -0.25) is 9.59 Å². The Labute approximate surface area is 141 Å². The normalized spacial score (nSPS) is 19.0. The minimum Gasteiger partial charge on any atom is -0.326 e. The van der Waals surface area contributed by atoms with Crippen LogP contribution in [0.5, 0.6) is 0 Å². The van der Waals surface area contributed by atoms with E-state index in [4.69, 9.17) is 0 Å². The van der Waals surface area contributed by atoms with Gasteiger partial charge in [0.1, 0.15) is 5.82 Å². The van der Waals surface area contributed by atoms with E-state index in [1.54, 1.807) is 6.07 Å². The predicted octanol–water partition coefficient (Wildman–Crippen LogP) is 3.80. The molecule has 2 N–H and O–H groups in total. The van der Waals surface area contributed by atoms with Crippen molar-refractivity contribution in [1.29, 1.82) is 0 Å². The van der Waals surface area contributed by atoms with Gasteiger partial charge in [0.15, 0.2) is 0 Å². The number of carbonyl (C=O) groups excluding carboxylic acids is 2. The van der Waals surface area contributed by atoms with Crippen molar-refractivity contribution in [2.24, 2.45) is 11.8 Å².